The van der Waals surface area contributed by atoms with Gasteiger partial charge in [0.05, 0.1) is 6.61 Å². The first-order valence-electron chi connectivity index (χ1n) is 8.97. The highest BCUT2D eigenvalue weighted by Crippen LogP contribution is 2.40. The molecule has 2 aliphatic heterocycles. The van der Waals surface area contributed by atoms with Gasteiger partial charge in [-0.1, -0.05) is 29.8 Å². The van der Waals surface area contributed by atoms with Crippen LogP contribution in [0.15, 0.2) is 24.3 Å². The molecular formula is C18H22N6O3. The second-order valence-corrected chi connectivity index (χ2v) is 6.71. The molecular weight excluding hydrogens is 348 g/mol. The van der Waals surface area contributed by atoms with Gasteiger partial charge < -0.3 is 14.5 Å². The summed E-state index contributed by atoms with van der Waals surface area (Å²) in [6, 6.07) is 6.94. The van der Waals surface area contributed by atoms with E-state index in [-0.39, 0.29) is 5.91 Å². The molecule has 2 atom stereocenters. The van der Waals surface area contributed by atoms with Crippen molar-refractivity contribution in [2.45, 2.75) is 26.1 Å². The summed E-state index contributed by atoms with van der Waals surface area (Å²) in [6.07, 6.45) is -0.505. The molecule has 0 spiro atoms. The monoisotopic (exact) mass is 370 g/mol. The van der Waals surface area contributed by atoms with Gasteiger partial charge in [-0.3, -0.25) is 14.7 Å². The summed E-state index contributed by atoms with van der Waals surface area (Å²) in [5.41, 5.74) is 2.03. The molecule has 142 valence electrons. The molecule has 3 amide bonds. The van der Waals surface area contributed by atoms with E-state index in [9.17, 15) is 9.59 Å². The molecule has 1 aromatic carbocycles. The summed E-state index contributed by atoms with van der Waals surface area (Å²) in [5.74, 6) is 0.866. The van der Waals surface area contributed by atoms with Crippen LogP contribution in [0.5, 0.6) is 0 Å². The van der Waals surface area contributed by atoms with Gasteiger partial charge in [0.15, 0.2) is 11.9 Å². The Hall–Kier alpha value is -2.94. The molecule has 1 N–H and O–H groups in total. The number of nitrogens with one attached hydrogen (secondary N) is 1. The second kappa shape index (κ2) is 6.66. The Morgan fingerprint density at radius 3 is 2.63 bits per heavy atom. The Morgan fingerprint density at radius 1 is 1.19 bits per heavy atom. The van der Waals surface area contributed by atoms with Crippen molar-refractivity contribution in [3.63, 3.8) is 0 Å². The van der Waals surface area contributed by atoms with Crippen LogP contribution in [0.25, 0.3) is 11.4 Å². The van der Waals surface area contributed by atoms with E-state index in [1.54, 1.807) is 7.05 Å². The first kappa shape index (κ1) is 17.5. The summed E-state index contributed by atoms with van der Waals surface area (Å²) < 4.78 is 7.34. The van der Waals surface area contributed by atoms with E-state index in [0.29, 0.717) is 31.5 Å². The van der Waals surface area contributed by atoms with E-state index in [4.69, 9.17) is 4.74 Å². The van der Waals surface area contributed by atoms with E-state index in [0.717, 1.165) is 11.1 Å². The van der Waals surface area contributed by atoms with Gasteiger partial charge in [-0.05, 0) is 13.8 Å². The predicted molar refractivity (Wildman–Crippen MR) is 98.2 cm³/mol. The molecule has 2 aliphatic rings. The van der Waals surface area contributed by atoms with Gasteiger partial charge >= 0.3 is 6.03 Å². The maximum absolute atomic E-state index is 12.6. The number of anilines is 1. The Morgan fingerprint density at radius 2 is 1.93 bits per heavy atom. The Bertz CT molecular complexity index is 878. The van der Waals surface area contributed by atoms with Crippen LogP contribution >= 0.6 is 0 Å². The number of ether oxygens (including phenoxy) is 1. The minimum absolute atomic E-state index is 0.333. The number of aryl methyl sites for hydroxylation is 1. The first-order chi connectivity index (χ1) is 13.0. The van der Waals surface area contributed by atoms with Crippen LogP contribution in [-0.2, 0) is 9.53 Å². The topological polar surface area (TPSA) is 92.6 Å². The molecule has 27 heavy (non-hydrogen) atoms. The molecule has 1 fully saturated rings. The quantitative estimate of drug-likeness (QED) is 0.794. The number of hydrogen-bond donors (Lipinski definition) is 1. The van der Waals surface area contributed by atoms with Crippen LogP contribution < -0.4 is 10.2 Å². The SMILES string of the molecule is CCOCCN1c2nnc(-c3ccc(C)cc3)n2C2C1C(=O)NC(=O)N2C. The van der Waals surface area contributed by atoms with Crippen molar-refractivity contribution in [1.82, 2.24) is 25.0 Å². The van der Waals surface area contributed by atoms with Crippen LogP contribution in [0.3, 0.4) is 0 Å². The summed E-state index contributed by atoms with van der Waals surface area (Å²) in [5, 5.41) is 11.1. The lowest BCUT2D eigenvalue weighted by Gasteiger charge is -2.37. The number of benzene rings is 1. The van der Waals surface area contributed by atoms with Gasteiger partial charge in [-0.15, -0.1) is 10.2 Å². The van der Waals surface area contributed by atoms with Gasteiger partial charge in [0.2, 0.25) is 5.95 Å². The van der Waals surface area contributed by atoms with Crippen molar-refractivity contribution in [2.24, 2.45) is 0 Å². The van der Waals surface area contributed by atoms with Crippen molar-refractivity contribution < 1.29 is 14.3 Å². The fourth-order valence-corrected chi connectivity index (χ4v) is 3.64. The number of carbonyl (C=O) groups excluding carboxylic acids is 2. The molecule has 0 aliphatic carbocycles. The van der Waals surface area contributed by atoms with Crippen molar-refractivity contribution in [3.05, 3.63) is 29.8 Å². The van der Waals surface area contributed by atoms with Gasteiger partial charge in [0.25, 0.3) is 5.91 Å². The van der Waals surface area contributed by atoms with Crippen LogP contribution in [0.1, 0.15) is 18.7 Å². The second-order valence-electron chi connectivity index (χ2n) is 6.71. The number of urea groups is 1. The highest BCUT2D eigenvalue weighted by atomic mass is 16.5. The molecule has 4 rings (SSSR count). The number of hydrogen-bond acceptors (Lipinski definition) is 6. The molecule has 1 aromatic heterocycles. The molecule has 0 saturated carbocycles. The Labute approximate surface area is 156 Å². The third-order valence-electron chi connectivity index (χ3n) is 5.02. The van der Waals surface area contributed by atoms with Crippen LogP contribution in [0, 0.1) is 6.92 Å². The fraction of sp³-hybridized carbons (Fsp3) is 0.444. The first-order valence-corrected chi connectivity index (χ1v) is 8.97. The maximum atomic E-state index is 12.6. The summed E-state index contributed by atoms with van der Waals surface area (Å²) in [7, 11) is 1.67. The smallest absolute Gasteiger partial charge is 0.325 e. The molecule has 1 saturated heterocycles. The van der Waals surface area contributed by atoms with Gasteiger partial charge in [-0.25, -0.2) is 4.79 Å². The number of likely N-dealkylation sites (N-methyl/N-ethyl adjacent to an activating group) is 1. The lowest BCUT2D eigenvalue weighted by Crippen LogP contribution is -2.61. The molecule has 2 unspecified atom stereocenters. The zero-order valence-electron chi connectivity index (χ0n) is 15.5. The highest BCUT2D eigenvalue weighted by Gasteiger charge is 2.52. The lowest BCUT2D eigenvalue weighted by molar-refractivity contribution is -0.124. The zero-order valence-corrected chi connectivity index (χ0v) is 15.5. The van der Waals surface area contributed by atoms with Gasteiger partial charge in [0, 0.05) is 25.8 Å². The Balaban J connectivity index is 1.80. The molecule has 2 aromatic rings. The third-order valence-corrected chi connectivity index (χ3v) is 5.02. The van der Waals surface area contributed by atoms with E-state index >= 15 is 0 Å². The van der Waals surface area contributed by atoms with Crippen molar-refractivity contribution >= 4 is 17.9 Å². The van der Waals surface area contributed by atoms with E-state index in [1.807, 2.05) is 47.6 Å². The predicted octanol–water partition coefficient (Wildman–Crippen LogP) is 1.16. The van der Waals surface area contributed by atoms with Gasteiger partial charge in [0.1, 0.15) is 6.17 Å². The van der Waals surface area contributed by atoms with Crippen LogP contribution in [0.2, 0.25) is 0 Å². The molecule has 0 bridgehead atoms. The van der Waals surface area contributed by atoms with Crippen molar-refractivity contribution in [1.29, 1.82) is 0 Å². The lowest BCUT2D eigenvalue weighted by atomic mass is 10.1. The molecule has 0 radical (unpaired) electrons. The zero-order chi connectivity index (χ0) is 19.1. The van der Waals surface area contributed by atoms with E-state index < -0.39 is 18.2 Å². The van der Waals surface area contributed by atoms with Crippen molar-refractivity contribution in [3.8, 4) is 11.4 Å². The third kappa shape index (κ3) is 2.74. The fourth-order valence-electron chi connectivity index (χ4n) is 3.64. The number of fused-ring (bicyclic) bond motifs is 3. The van der Waals surface area contributed by atoms with Crippen LogP contribution in [0.4, 0.5) is 10.7 Å². The standard InChI is InChI=1S/C18H22N6O3/c1-4-27-10-9-23-13-15(25)19-18(26)22(3)16(13)24-14(20-21-17(23)24)12-7-5-11(2)6-8-12/h5-8,13,16H,4,9-10H2,1-3H3,(H,19,25,26). The molecule has 9 heteroatoms. The molecule has 9 nitrogen and oxygen atoms in total. The summed E-state index contributed by atoms with van der Waals surface area (Å²) in [6.45, 7) is 5.47. The number of nitrogens with zero attached hydrogens (tertiary/aromatic N) is 5. The number of aromatic nitrogens is 3. The summed E-state index contributed by atoms with van der Waals surface area (Å²) >= 11 is 0. The van der Waals surface area contributed by atoms with Crippen LogP contribution in [-0.4, -0.2) is 64.5 Å². The minimum Gasteiger partial charge on any atom is -0.380 e. The number of carbonyl (C=O) groups is 2. The minimum atomic E-state index is -0.567. The van der Waals surface area contributed by atoms with Crippen molar-refractivity contribution in [2.75, 3.05) is 31.7 Å². The van der Waals surface area contributed by atoms with E-state index in [2.05, 4.69) is 15.5 Å². The Kier molecular flexibility index (Phi) is 4.31. The number of rotatable bonds is 5. The number of imide groups is 1. The highest BCUT2D eigenvalue weighted by molar-refractivity contribution is 6.02. The normalized spacial score (nSPS) is 21.3. The largest absolute Gasteiger partial charge is 0.380 e. The summed E-state index contributed by atoms with van der Waals surface area (Å²) in [4.78, 5) is 28.3. The average Bonchev–Trinajstić information content (AvgIpc) is 3.20. The maximum Gasteiger partial charge on any atom is 0.325 e. The average molecular weight is 370 g/mol. The van der Waals surface area contributed by atoms with E-state index in [1.165, 1.54) is 4.90 Å². The molecule has 3 heterocycles. The number of amides is 3. The van der Waals surface area contributed by atoms with Gasteiger partial charge in [-0.2, -0.15) is 0 Å².